The van der Waals surface area contributed by atoms with Gasteiger partial charge in [0.1, 0.15) is 3.81 Å². The van der Waals surface area contributed by atoms with Crippen molar-refractivity contribution in [1.82, 2.24) is 10.6 Å². The molecule has 0 bridgehead atoms. The van der Waals surface area contributed by atoms with Gasteiger partial charge >= 0.3 is 6.03 Å². The Balaban J connectivity index is 1.93. The van der Waals surface area contributed by atoms with Crippen molar-refractivity contribution in [2.24, 2.45) is 0 Å². The van der Waals surface area contributed by atoms with E-state index in [2.05, 4.69) is 26.6 Å². The van der Waals surface area contributed by atoms with Crippen LogP contribution in [0.2, 0.25) is 0 Å². The summed E-state index contributed by atoms with van der Waals surface area (Å²) in [6.07, 6.45) is 1.38. The Morgan fingerprint density at radius 3 is 2.40 bits per heavy atom. The van der Waals surface area contributed by atoms with Gasteiger partial charge in [-0.3, -0.25) is 10.1 Å². The number of amides is 3. The van der Waals surface area contributed by atoms with Crippen molar-refractivity contribution in [2.45, 2.75) is 6.04 Å². The first-order chi connectivity index (χ1) is 9.38. The number of carbonyl (C=O) groups is 2. The first-order valence-corrected chi connectivity index (χ1v) is 8.10. The van der Waals surface area contributed by atoms with Crippen LogP contribution in [0.4, 0.5) is 4.79 Å². The molecule has 1 heterocycles. The number of benzene rings is 1. The zero-order valence-electron chi connectivity index (χ0n) is 10.2. The fourth-order valence-electron chi connectivity index (χ4n) is 1.68. The van der Waals surface area contributed by atoms with Gasteiger partial charge < -0.3 is 5.32 Å². The normalized spacial score (nSPS) is 20.1. The lowest BCUT2D eigenvalue weighted by atomic mass is 10.2. The standard InChI is InChI=1S/C12H11BrN2O4S/c13-10-6-9(7-20(10,18)19)14-12(17)15-11(16)8-4-2-1-3-5-8/h1-6,9H,7H2,(H2,14,15,16,17)/t9-/m1/s1. The molecule has 20 heavy (non-hydrogen) atoms. The second-order valence-electron chi connectivity index (χ2n) is 4.15. The van der Waals surface area contributed by atoms with Crippen molar-refractivity contribution in [3.05, 3.63) is 45.8 Å². The topological polar surface area (TPSA) is 92.3 Å². The number of nitrogens with one attached hydrogen (secondary N) is 2. The molecular weight excluding hydrogens is 348 g/mol. The fraction of sp³-hybridized carbons (Fsp3) is 0.167. The molecule has 8 heteroatoms. The van der Waals surface area contributed by atoms with E-state index in [1.165, 1.54) is 6.08 Å². The molecule has 1 atom stereocenters. The molecule has 0 fully saturated rings. The van der Waals surface area contributed by atoms with Gasteiger partial charge in [-0.25, -0.2) is 13.2 Å². The molecule has 0 spiro atoms. The minimum Gasteiger partial charge on any atom is -0.330 e. The molecule has 0 radical (unpaired) electrons. The second kappa shape index (κ2) is 5.76. The van der Waals surface area contributed by atoms with E-state index >= 15 is 0 Å². The number of rotatable bonds is 2. The third-order valence-electron chi connectivity index (χ3n) is 2.61. The number of hydrogen-bond donors (Lipinski definition) is 2. The number of imide groups is 1. The van der Waals surface area contributed by atoms with Crippen LogP contribution in [-0.4, -0.2) is 32.2 Å². The molecule has 6 nitrogen and oxygen atoms in total. The molecule has 1 aromatic rings. The lowest BCUT2D eigenvalue weighted by Crippen LogP contribution is -2.44. The summed E-state index contributed by atoms with van der Waals surface area (Å²) in [6.45, 7) is 0. The van der Waals surface area contributed by atoms with Crippen LogP contribution in [0.15, 0.2) is 40.2 Å². The van der Waals surface area contributed by atoms with Gasteiger partial charge in [-0.15, -0.1) is 0 Å². The lowest BCUT2D eigenvalue weighted by Gasteiger charge is -2.10. The average molecular weight is 359 g/mol. The van der Waals surface area contributed by atoms with Crippen molar-refractivity contribution >= 4 is 37.7 Å². The van der Waals surface area contributed by atoms with Crippen LogP contribution in [0.25, 0.3) is 0 Å². The number of sulfone groups is 1. The third-order valence-corrected chi connectivity index (χ3v) is 5.88. The monoisotopic (exact) mass is 358 g/mol. The predicted octanol–water partition coefficient (Wildman–Crippen LogP) is 1.16. The average Bonchev–Trinajstić information content (AvgIpc) is 2.63. The molecule has 0 aliphatic carbocycles. The van der Waals surface area contributed by atoms with Crippen molar-refractivity contribution in [3.63, 3.8) is 0 Å². The summed E-state index contributed by atoms with van der Waals surface area (Å²) in [7, 11) is -3.35. The van der Waals surface area contributed by atoms with Crippen LogP contribution in [0.3, 0.4) is 0 Å². The van der Waals surface area contributed by atoms with Gasteiger partial charge in [0.15, 0.2) is 9.84 Å². The molecule has 106 valence electrons. The molecule has 0 saturated carbocycles. The van der Waals surface area contributed by atoms with Crippen molar-refractivity contribution < 1.29 is 18.0 Å². The SMILES string of the molecule is O=C(NC(=O)c1ccccc1)N[C@@H]1C=C(Br)S(=O)(=O)C1. The fourth-order valence-corrected chi connectivity index (χ4v) is 3.58. The van der Waals surface area contributed by atoms with E-state index in [4.69, 9.17) is 0 Å². The molecular formula is C12H11BrN2O4S. The summed E-state index contributed by atoms with van der Waals surface area (Å²) >= 11 is 2.91. The Morgan fingerprint density at radius 1 is 1.20 bits per heavy atom. The molecule has 0 unspecified atom stereocenters. The highest BCUT2D eigenvalue weighted by atomic mass is 79.9. The molecule has 0 saturated heterocycles. The van der Waals surface area contributed by atoms with Crippen LogP contribution in [0.1, 0.15) is 10.4 Å². The Kier molecular flexibility index (Phi) is 4.24. The minimum absolute atomic E-state index is 0.0460. The van der Waals surface area contributed by atoms with E-state index in [1.807, 2.05) is 0 Å². The van der Waals surface area contributed by atoms with Crippen molar-refractivity contribution in [1.29, 1.82) is 0 Å². The van der Waals surface area contributed by atoms with E-state index in [9.17, 15) is 18.0 Å². The van der Waals surface area contributed by atoms with Gasteiger partial charge in [0.25, 0.3) is 5.91 Å². The Morgan fingerprint density at radius 2 is 1.85 bits per heavy atom. The van der Waals surface area contributed by atoms with Gasteiger partial charge in [-0.1, -0.05) is 18.2 Å². The van der Waals surface area contributed by atoms with Crippen molar-refractivity contribution in [3.8, 4) is 0 Å². The zero-order chi connectivity index (χ0) is 14.8. The summed E-state index contributed by atoms with van der Waals surface area (Å²) in [5.74, 6) is -0.771. The summed E-state index contributed by atoms with van der Waals surface area (Å²) in [6, 6.07) is 6.85. The first kappa shape index (κ1) is 14.7. The van der Waals surface area contributed by atoms with Gasteiger partial charge in [0, 0.05) is 5.56 Å². The largest absolute Gasteiger partial charge is 0.330 e. The Hall–Kier alpha value is -1.67. The maximum Gasteiger partial charge on any atom is 0.322 e. The quantitative estimate of drug-likeness (QED) is 0.829. The maximum atomic E-state index is 11.7. The molecule has 1 aliphatic heterocycles. The number of carbonyl (C=O) groups excluding carboxylic acids is 2. The Bertz CT molecular complexity index is 670. The molecule has 1 aliphatic rings. The van der Waals surface area contributed by atoms with Gasteiger partial charge in [-0.05, 0) is 34.1 Å². The predicted molar refractivity (Wildman–Crippen MR) is 77.0 cm³/mol. The van der Waals surface area contributed by atoms with E-state index in [1.54, 1.807) is 30.3 Å². The highest BCUT2D eigenvalue weighted by Crippen LogP contribution is 2.23. The van der Waals surface area contributed by atoms with E-state index in [0.29, 0.717) is 5.56 Å². The summed E-state index contributed by atoms with van der Waals surface area (Å²) in [5.41, 5.74) is 0.346. The number of hydrogen-bond acceptors (Lipinski definition) is 4. The van der Waals surface area contributed by atoms with Crippen LogP contribution < -0.4 is 10.6 Å². The van der Waals surface area contributed by atoms with Gasteiger partial charge in [-0.2, -0.15) is 0 Å². The minimum atomic E-state index is -3.35. The molecule has 3 amide bonds. The van der Waals surface area contributed by atoms with E-state index in [0.717, 1.165) is 0 Å². The highest BCUT2D eigenvalue weighted by Gasteiger charge is 2.29. The zero-order valence-corrected chi connectivity index (χ0v) is 12.6. The van der Waals surface area contributed by atoms with Crippen molar-refractivity contribution in [2.75, 3.05) is 5.75 Å². The van der Waals surface area contributed by atoms with Crippen LogP contribution in [0.5, 0.6) is 0 Å². The van der Waals surface area contributed by atoms with Crippen LogP contribution >= 0.6 is 15.9 Å². The smallest absolute Gasteiger partial charge is 0.322 e. The Labute approximate surface area is 124 Å². The van der Waals surface area contributed by atoms with Gasteiger partial charge in [0.05, 0.1) is 11.8 Å². The summed E-state index contributed by atoms with van der Waals surface area (Å²) in [4.78, 5) is 23.3. The second-order valence-corrected chi connectivity index (χ2v) is 7.53. The number of halogens is 1. The number of urea groups is 1. The van der Waals surface area contributed by atoms with E-state index < -0.39 is 27.8 Å². The van der Waals surface area contributed by atoms with Gasteiger partial charge in [0.2, 0.25) is 0 Å². The summed E-state index contributed by atoms with van der Waals surface area (Å²) in [5, 5.41) is 4.55. The highest BCUT2D eigenvalue weighted by molar-refractivity contribution is 9.13. The first-order valence-electron chi connectivity index (χ1n) is 5.65. The lowest BCUT2D eigenvalue weighted by molar-refractivity contribution is 0.0964. The van der Waals surface area contributed by atoms with Crippen LogP contribution in [-0.2, 0) is 9.84 Å². The molecule has 2 rings (SSSR count). The maximum absolute atomic E-state index is 11.7. The third kappa shape index (κ3) is 3.45. The molecule has 2 N–H and O–H groups in total. The van der Waals surface area contributed by atoms with E-state index in [-0.39, 0.29) is 9.57 Å². The van der Waals surface area contributed by atoms with Crippen LogP contribution in [0, 0.1) is 0 Å². The summed E-state index contributed by atoms with van der Waals surface area (Å²) < 4.78 is 22.9. The molecule has 0 aromatic heterocycles. The molecule has 1 aromatic carbocycles.